The van der Waals surface area contributed by atoms with Gasteiger partial charge in [0, 0.05) is 10.0 Å². The van der Waals surface area contributed by atoms with Gasteiger partial charge in [-0.3, -0.25) is 0 Å². The van der Waals surface area contributed by atoms with Gasteiger partial charge in [0.05, 0.1) is 23.9 Å². The molecule has 5 heteroatoms. The lowest BCUT2D eigenvalue weighted by Crippen LogP contribution is -2.12. The molecule has 2 N–H and O–H groups in total. The number of rotatable bonds is 3. The predicted octanol–water partition coefficient (Wildman–Crippen LogP) is 3.86. The molecule has 0 fully saturated rings. The maximum absolute atomic E-state index is 6.18. The topological polar surface area (TPSA) is 48.4 Å². The lowest BCUT2D eigenvalue weighted by molar-refractivity contribution is 0.402. The van der Waals surface area contributed by atoms with Crippen LogP contribution < -0.4 is 10.5 Å². The molecule has 1 atom stereocenters. The normalized spacial score (nSPS) is 12.5. The summed E-state index contributed by atoms with van der Waals surface area (Å²) in [6.45, 7) is 0. The van der Waals surface area contributed by atoms with Crippen molar-refractivity contribution in [3.8, 4) is 5.75 Å². The lowest BCUT2D eigenvalue weighted by Gasteiger charge is -2.14. The summed E-state index contributed by atoms with van der Waals surface area (Å²) in [4.78, 5) is 0. The van der Waals surface area contributed by atoms with E-state index in [4.69, 9.17) is 14.9 Å². The Kier molecular flexibility index (Phi) is 3.91. The van der Waals surface area contributed by atoms with Gasteiger partial charge in [-0.25, -0.2) is 0 Å². The molecular weight excluding hydrogens is 350 g/mol. The highest BCUT2D eigenvalue weighted by molar-refractivity contribution is 9.10. The first-order chi connectivity index (χ1) is 8.13. The van der Waals surface area contributed by atoms with Crippen molar-refractivity contribution in [2.75, 3.05) is 7.11 Å². The average molecular weight is 361 g/mol. The first-order valence-corrected chi connectivity index (χ1v) is 6.54. The number of hydrogen-bond acceptors (Lipinski definition) is 3. The molecule has 0 saturated carbocycles. The van der Waals surface area contributed by atoms with E-state index in [-0.39, 0.29) is 6.04 Å². The highest BCUT2D eigenvalue weighted by Gasteiger charge is 2.19. The SMILES string of the molecule is COc1ccc(Br)cc1C(N)c1occc1Br. The second kappa shape index (κ2) is 5.25. The van der Waals surface area contributed by atoms with E-state index in [0.29, 0.717) is 5.76 Å². The summed E-state index contributed by atoms with van der Waals surface area (Å²) in [6.07, 6.45) is 1.60. The molecule has 2 rings (SSSR count). The van der Waals surface area contributed by atoms with Crippen LogP contribution in [-0.4, -0.2) is 7.11 Å². The largest absolute Gasteiger partial charge is 0.496 e. The summed E-state index contributed by atoms with van der Waals surface area (Å²) >= 11 is 6.83. The molecule has 0 radical (unpaired) electrons. The summed E-state index contributed by atoms with van der Waals surface area (Å²) in [5.41, 5.74) is 7.05. The highest BCUT2D eigenvalue weighted by Crippen LogP contribution is 2.34. The van der Waals surface area contributed by atoms with Crippen molar-refractivity contribution in [1.82, 2.24) is 0 Å². The maximum Gasteiger partial charge on any atom is 0.139 e. The van der Waals surface area contributed by atoms with Crippen LogP contribution in [0.3, 0.4) is 0 Å². The standard InChI is InChI=1S/C12H11Br2NO2/c1-16-10-3-2-7(13)6-8(10)11(15)12-9(14)4-5-17-12/h2-6,11H,15H2,1H3. The molecule has 3 nitrogen and oxygen atoms in total. The number of ether oxygens (including phenoxy) is 1. The number of nitrogens with two attached hydrogens (primary N) is 1. The minimum atomic E-state index is -0.369. The fourth-order valence-electron chi connectivity index (χ4n) is 1.62. The second-order valence-corrected chi connectivity index (χ2v) is 5.27. The third kappa shape index (κ3) is 2.56. The molecule has 0 spiro atoms. The Morgan fingerprint density at radius 3 is 2.65 bits per heavy atom. The summed E-state index contributed by atoms with van der Waals surface area (Å²) in [5, 5.41) is 0. The van der Waals surface area contributed by atoms with Crippen LogP contribution in [0, 0.1) is 0 Å². The van der Waals surface area contributed by atoms with Gasteiger partial charge >= 0.3 is 0 Å². The molecule has 0 aliphatic carbocycles. The van der Waals surface area contributed by atoms with Crippen LogP contribution in [0.5, 0.6) is 5.75 Å². The van der Waals surface area contributed by atoms with Crippen LogP contribution in [-0.2, 0) is 0 Å². The number of methoxy groups -OCH3 is 1. The summed E-state index contributed by atoms with van der Waals surface area (Å²) in [5.74, 6) is 1.42. The van der Waals surface area contributed by atoms with Crippen molar-refractivity contribution in [3.05, 3.63) is 50.8 Å². The van der Waals surface area contributed by atoms with E-state index in [2.05, 4.69) is 31.9 Å². The Balaban J connectivity index is 2.46. The molecule has 0 aliphatic heterocycles. The minimum absolute atomic E-state index is 0.369. The van der Waals surface area contributed by atoms with E-state index in [9.17, 15) is 0 Å². The first-order valence-electron chi connectivity index (χ1n) is 4.95. The Hall–Kier alpha value is -0.780. The molecule has 1 aromatic heterocycles. The van der Waals surface area contributed by atoms with Crippen molar-refractivity contribution in [3.63, 3.8) is 0 Å². The van der Waals surface area contributed by atoms with Crippen molar-refractivity contribution < 1.29 is 9.15 Å². The molecule has 0 saturated heterocycles. The van der Waals surface area contributed by atoms with Crippen molar-refractivity contribution in [2.45, 2.75) is 6.04 Å². The van der Waals surface area contributed by atoms with Gasteiger partial charge in [-0.1, -0.05) is 15.9 Å². The van der Waals surface area contributed by atoms with E-state index >= 15 is 0 Å². The number of hydrogen-bond donors (Lipinski definition) is 1. The molecule has 1 aromatic carbocycles. The average Bonchev–Trinajstić information content (AvgIpc) is 2.74. The third-order valence-electron chi connectivity index (χ3n) is 2.45. The van der Waals surface area contributed by atoms with E-state index in [0.717, 1.165) is 20.3 Å². The summed E-state index contributed by atoms with van der Waals surface area (Å²) in [6, 6.07) is 7.16. The number of benzene rings is 1. The molecule has 2 aromatic rings. The zero-order chi connectivity index (χ0) is 12.4. The Morgan fingerprint density at radius 1 is 1.29 bits per heavy atom. The van der Waals surface area contributed by atoms with Crippen molar-refractivity contribution in [1.29, 1.82) is 0 Å². The van der Waals surface area contributed by atoms with Gasteiger partial charge in [0.25, 0.3) is 0 Å². The zero-order valence-electron chi connectivity index (χ0n) is 9.11. The van der Waals surface area contributed by atoms with Gasteiger partial charge in [0.15, 0.2) is 0 Å². The van der Waals surface area contributed by atoms with E-state index in [1.54, 1.807) is 13.4 Å². The van der Waals surface area contributed by atoms with Crippen LogP contribution >= 0.6 is 31.9 Å². The van der Waals surface area contributed by atoms with E-state index < -0.39 is 0 Å². The molecule has 90 valence electrons. The Bertz CT molecular complexity index is 525. The zero-order valence-corrected chi connectivity index (χ0v) is 12.3. The van der Waals surface area contributed by atoms with Gasteiger partial charge in [0.2, 0.25) is 0 Å². The lowest BCUT2D eigenvalue weighted by atomic mass is 10.0. The summed E-state index contributed by atoms with van der Waals surface area (Å²) < 4.78 is 12.5. The fraction of sp³-hybridized carbons (Fsp3) is 0.167. The van der Waals surface area contributed by atoms with E-state index in [1.807, 2.05) is 24.3 Å². The smallest absolute Gasteiger partial charge is 0.139 e. The molecule has 0 amide bonds. The third-order valence-corrected chi connectivity index (χ3v) is 3.60. The molecule has 0 aliphatic rings. The highest BCUT2D eigenvalue weighted by atomic mass is 79.9. The van der Waals surface area contributed by atoms with Gasteiger partial charge in [-0.2, -0.15) is 0 Å². The number of furan rings is 1. The number of halogens is 2. The van der Waals surface area contributed by atoms with Gasteiger partial charge < -0.3 is 14.9 Å². The van der Waals surface area contributed by atoms with Crippen molar-refractivity contribution >= 4 is 31.9 Å². The monoisotopic (exact) mass is 359 g/mol. The predicted molar refractivity (Wildman–Crippen MR) is 73.1 cm³/mol. The van der Waals surface area contributed by atoms with E-state index in [1.165, 1.54) is 0 Å². The molecule has 17 heavy (non-hydrogen) atoms. The maximum atomic E-state index is 6.18. The molecule has 1 unspecified atom stereocenters. The van der Waals surface area contributed by atoms with Gasteiger partial charge in [0.1, 0.15) is 11.5 Å². The van der Waals surface area contributed by atoms with Crippen molar-refractivity contribution in [2.24, 2.45) is 5.73 Å². The quantitative estimate of drug-likeness (QED) is 0.903. The second-order valence-electron chi connectivity index (χ2n) is 3.50. The van der Waals surface area contributed by atoms with Gasteiger partial charge in [-0.15, -0.1) is 0 Å². The Labute approximate surface area is 116 Å². The molecule has 1 heterocycles. The van der Waals surface area contributed by atoms with Gasteiger partial charge in [-0.05, 0) is 40.2 Å². The Morgan fingerprint density at radius 2 is 2.06 bits per heavy atom. The van der Waals surface area contributed by atoms with Crippen LogP contribution in [0.2, 0.25) is 0 Å². The van der Waals surface area contributed by atoms with Crippen LogP contribution in [0.25, 0.3) is 0 Å². The van der Waals surface area contributed by atoms with Crippen LogP contribution in [0.1, 0.15) is 17.4 Å². The minimum Gasteiger partial charge on any atom is -0.496 e. The summed E-state index contributed by atoms with van der Waals surface area (Å²) in [7, 11) is 1.62. The molecular formula is C12H11Br2NO2. The molecule has 0 bridgehead atoms. The first kappa shape index (κ1) is 12.7. The van der Waals surface area contributed by atoms with Crippen LogP contribution in [0.4, 0.5) is 0 Å². The van der Waals surface area contributed by atoms with Crippen LogP contribution in [0.15, 0.2) is 43.9 Å². The fourth-order valence-corrected chi connectivity index (χ4v) is 2.44.